The number of nitrogens with zero attached hydrogens (tertiary/aromatic N) is 1. The molecule has 0 aliphatic heterocycles. The van der Waals surface area contributed by atoms with Crippen LogP contribution in [0.3, 0.4) is 0 Å². The van der Waals surface area contributed by atoms with Gasteiger partial charge in [0, 0.05) is 25.6 Å². The molecule has 2 unspecified atom stereocenters. The van der Waals surface area contributed by atoms with E-state index in [9.17, 15) is 4.79 Å². The molecule has 0 bridgehead atoms. The number of amides is 1. The first-order valence-electron chi connectivity index (χ1n) is 6.69. The minimum atomic E-state index is 0.182. The molecule has 2 atom stereocenters. The first kappa shape index (κ1) is 11.9. The van der Waals surface area contributed by atoms with Gasteiger partial charge in [0.05, 0.1) is 0 Å². The maximum Gasteiger partial charge on any atom is 0.226 e. The lowest BCUT2D eigenvalue weighted by Crippen LogP contribution is -2.34. The van der Waals surface area contributed by atoms with Crippen LogP contribution in [0.25, 0.3) is 0 Å². The summed E-state index contributed by atoms with van der Waals surface area (Å²) in [6.45, 7) is 3.72. The normalized spacial score (nSPS) is 32.0. The summed E-state index contributed by atoms with van der Waals surface area (Å²) in [4.78, 5) is 14.2. The standard InChI is InChI=1S/C13H23NO2/c1-2-14(8-5-9-15)13(16)12-10-6-3-4-7-11(10)12/h10-12,15H,2-9H2,1H3. The Morgan fingerprint density at radius 3 is 2.44 bits per heavy atom. The molecule has 92 valence electrons. The highest BCUT2D eigenvalue weighted by atomic mass is 16.3. The minimum Gasteiger partial charge on any atom is -0.396 e. The van der Waals surface area contributed by atoms with Gasteiger partial charge in [-0.3, -0.25) is 4.79 Å². The van der Waals surface area contributed by atoms with Crippen molar-refractivity contribution in [3.8, 4) is 0 Å². The van der Waals surface area contributed by atoms with Gasteiger partial charge in [0.25, 0.3) is 0 Å². The van der Waals surface area contributed by atoms with Gasteiger partial charge in [-0.25, -0.2) is 0 Å². The molecule has 2 aliphatic carbocycles. The summed E-state index contributed by atoms with van der Waals surface area (Å²) in [7, 11) is 0. The summed E-state index contributed by atoms with van der Waals surface area (Å²) in [5.41, 5.74) is 0. The number of carbonyl (C=O) groups is 1. The van der Waals surface area contributed by atoms with Crippen LogP contribution in [0.5, 0.6) is 0 Å². The van der Waals surface area contributed by atoms with E-state index in [1.807, 2.05) is 11.8 Å². The van der Waals surface area contributed by atoms with E-state index in [1.165, 1.54) is 25.7 Å². The largest absolute Gasteiger partial charge is 0.396 e. The van der Waals surface area contributed by atoms with Gasteiger partial charge in [-0.2, -0.15) is 0 Å². The van der Waals surface area contributed by atoms with Crippen molar-refractivity contribution < 1.29 is 9.90 Å². The van der Waals surface area contributed by atoms with Crippen molar-refractivity contribution in [1.29, 1.82) is 0 Å². The SMILES string of the molecule is CCN(CCCO)C(=O)C1C2CCCCC21. The second-order valence-electron chi connectivity index (χ2n) is 5.13. The van der Waals surface area contributed by atoms with Crippen LogP contribution in [0.4, 0.5) is 0 Å². The molecule has 1 N–H and O–H groups in total. The maximum atomic E-state index is 12.3. The van der Waals surface area contributed by atoms with Crippen molar-refractivity contribution in [3.05, 3.63) is 0 Å². The van der Waals surface area contributed by atoms with E-state index in [-0.39, 0.29) is 6.61 Å². The highest BCUT2D eigenvalue weighted by Crippen LogP contribution is 2.56. The van der Waals surface area contributed by atoms with Crippen molar-refractivity contribution in [1.82, 2.24) is 4.90 Å². The van der Waals surface area contributed by atoms with Gasteiger partial charge >= 0.3 is 0 Å². The average molecular weight is 225 g/mol. The molecule has 0 aromatic rings. The molecule has 2 rings (SSSR count). The van der Waals surface area contributed by atoms with Gasteiger partial charge in [-0.15, -0.1) is 0 Å². The lowest BCUT2D eigenvalue weighted by molar-refractivity contribution is -0.133. The summed E-state index contributed by atoms with van der Waals surface area (Å²) >= 11 is 0. The maximum absolute atomic E-state index is 12.3. The van der Waals surface area contributed by atoms with Gasteiger partial charge in [0.15, 0.2) is 0 Å². The quantitative estimate of drug-likeness (QED) is 0.773. The Kier molecular flexibility index (Phi) is 3.85. The first-order chi connectivity index (χ1) is 7.79. The Labute approximate surface area is 97.8 Å². The zero-order valence-corrected chi connectivity index (χ0v) is 10.2. The summed E-state index contributed by atoms with van der Waals surface area (Å²) < 4.78 is 0. The van der Waals surface area contributed by atoms with Crippen molar-refractivity contribution in [3.63, 3.8) is 0 Å². The number of aliphatic hydroxyl groups is 1. The molecule has 0 spiro atoms. The van der Waals surface area contributed by atoms with E-state index in [4.69, 9.17) is 5.11 Å². The molecule has 2 fully saturated rings. The summed E-state index contributed by atoms with van der Waals surface area (Å²) in [6, 6.07) is 0. The first-order valence-corrected chi connectivity index (χ1v) is 6.69. The number of hydrogen-bond acceptors (Lipinski definition) is 2. The number of aliphatic hydroxyl groups excluding tert-OH is 1. The van der Waals surface area contributed by atoms with Gasteiger partial charge < -0.3 is 10.0 Å². The second kappa shape index (κ2) is 5.17. The smallest absolute Gasteiger partial charge is 0.226 e. The Hall–Kier alpha value is -0.570. The van der Waals surface area contributed by atoms with Crippen LogP contribution in [0.2, 0.25) is 0 Å². The van der Waals surface area contributed by atoms with Crippen LogP contribution >= 0.6 is 0 Å². The van der Waals surface area contributed by atoms with Crippen LogP contribution in [0.1, 0.15) is 39.0 Å². The molecule has 2 aliphatic rings. The molecular weight excluding hydrogens is 202 g/mol. The predicted octanol–water partition coefficient (Wildman–Crippen LogP) is 1.65. The van der Waals surface area contributed by atoms with Crippen LogP contribution in [0, 0.1) is 17.8 Å². The Morgan fingerprint density at radius 1 is 1.31 bits per heavy atom. The van der Waals surface area contributed by atoms with E-state index in [0.29, 0.717) is 30.1 Å². The number of rotatable bonds is 5. The minimum absolute atomic E-state index is 0.182. The fourth-order valence-electron chi connectivity index (χ4n) is 3.26. The molecule has 16 heavy (non-hydrogen) atoms. The van der Waals surface area contributed by atoms with Crippen LogP contribution in [-0.2, 0) is 4.79 Å². The number of carbonyl (C=O) groups excluding carboxylic acids is 1. The van der Waals surface area contributed by atoms with Crippen LogP contribution < -0.4 is 0 Å². The van der Waals surface area contributed by atoms with E-state index in [0.717, 1.165) is 13.1 Å². The summed E-state index contributed by atoms with van der Waals surface area (Å²) in [5, 5.41) is 8.82. The molecule has 3 heteroatoms. The van der Waals surface area contributed by atoms with E-state index in [1.54, 1.807) is 0 Å². The third-order valence-electron chi connectivity index (χ3n) is 4.22. The monoisotopic (exact) mass is 225 g/mol. The lowest BCUT2D eigenvalue weighted by atomic mass is 10.0. The lowest BCUT2D eigenvalue weighted by Gasteiger charge is -2.20. The van der Waals surface area contributed by atoms with E-state index in [2.05, 4.69) is 0 Å². The van der Waals surface area contributed by atoms with Crippen molar-refractivity contribution >= 4 is 5.91 Å². The Morgan fingerprint density at radius 2 is 1.94 bits per heavy atom. The predicted molar refractivity (Wildman–Crippen MR) is 62.9 cm³/mol. The average Bonchev–Trinajstić information content (AvgIpc) is 3.03. The topological polar surface area (TPSA) is 40.5 Å². The van der Waals surface area contributed by atoms with E-state index < -0.39 is 0 Å². The number of hydrogen-bond donors (Lipinski definition) is 1. The molecule has 1 amide bonds. The van der Waals surface area contributed by atoms with Crippen molar-refractivity contribution in [2.24, 2.45) is 17.8 Å². The molecule has 2 saturated carbocycles. The Balaban J connectivity index is 1.86. The molecule has 3 nitrogen and oxygen atoms in total. The van der Waals surface area contributed by atoms with Crippen LogP contribution in [0.15, 0.2) is 0 Å². The fourth-order valence-corrected chi connectivity index (χ4v) is 3.26. The Bertz CT molecular complexity index is 242. The highest BCUT2D eigenvalue weighted by Gasteiger charge is 2.55. The zero-order valence-electron chi connectivity index (χ0n) is 10.2. The molecule has 0 heterocycles. The van der Waals surface area contributed by atoms with Gasteiger partial charge in [0.1, 0.15) is 0 Å². The zero-order chi connectivity index (χ0) is 11.5. The van der Waals surface area contributed by atoms with Crippen LogP contribution in [-0.4, -0.2) is 35.6 Å². The van der Waals surface area contributed by atoms with Gasteiger partial charge in [-0.05, 0) is 38.0 Å². The molecule has 0 radical (unpaired) electrons. The van der Waals surface area contributed by atoms with Crippen molar-refractivity contribution in [2.75, 3.05) is 19.7 Å². The summed E-state index contributed by atoms with van der Waals surface area (Å²) in [6.07, 6.45) is 5.86. The van der Waals surface area contributed by atoms with Gasteiger partial charge in [0.2, 0.25) is 5.91 Å². The number of fused-ring (bicyclic) bond motifs is 1. The van der Waals surface area contributed by atoms with Gasteiger partial charge in [-0.1, -0.05) is 12.8 Å². The van der Waals surface area contributed by atoms with Crippen molar-refractivity contribution in [2.45, 2.75) is 39.0 Å². The molecule has 0 aromatic heterocycles. The highest BCUT2D eigenvalue weighted by molar-refractivity contribution is 5.82. The summed E-state index contributed by atoms with van der Waals surface area (Å²) in [5.74, 6) is 2.09. The molecule has 0 saturated heterocycles. The fraction of sp³-hybridized carbons (Fsp3) is 0.923. The second-order valence-corrected chi connectivity index (χ2v) is 5.13. The molecular formula is C13H23NO2. The third-order valence-corrected chi connectivity index (χ3v) is 4.22. The van der Waals surface area contributed by atoms with E-state index >= 15 is 0 Å². The molecule has 0 aromatic carbocycles. The third kappa shape index (κ3) is 2.24.